The number of aliphatic hydroxyl groups excluding tert-OH is 2. The Morgan fingerprint density at radius 3 is 2.69 bits per heavy atom. The number of nitrogens with zero attached hydrogens (tertiary/aromatic N) is 3. The van der Waals surface area contributed by atoms with E-state index in [1.165, 1.54) is 31.2 Å². The number of amides is 1. The van der Waals surface area contributed by atoms with Crippen molar-refractivity contribution in [3.8, 4) is 28.7 Å². The summed E-state index contributed by atoms with van der Waals surface area (Å²) in [5, 5.41) is 25.5. The molecular weight excluding hydrogens is 460 g/mol. The van der Waals surface area contributed by atoms with Gasteiger partial charge in [0.15, 0.2) is 0 Å². The van der Waals surface area contributed by atoms with E-state index in [4.69, 9.17) is 14.4 Å². The van der Waals surface area contributed by atoms with Crippen LogP contribution >= 0.6 is 0 Å². The molecule has 0 bridgehead atoms. The summed E-state index contributed by atoms with van der Waals surface area (Å²) in [6, 6.07) is 8.12. The first kappa shape index (κ1) is 25.8. The zero-order valence-corrected chi connectivity index (χ0v) is 21.1. The Morgan fingerprint density at radius 2 is 1.97 bits per heavy atom. The van der Waals surface area contributed by atoms with Gasteiger partial charge >= 0.3 is 0 Å². The highest BCUT2D eigenvalue weighted by Gasteiger charge is 2.21. The number of pyridine rings is 1. The summed E-state index contributed by atoms with van der Waals surface area (Å²) in [7, 11) is 0. The first-order valence-corrected chi connectivity index (χ1v) is 12.5. The lowest BCUT2D eigenvalue weighted by Crippen LogP contribution is -2.36. The largest absolute Gasteiger partial charge is 0.490 e. The van der Waals surface area contributed by atoms with Crippen LogP contribution in [-0.2, 0) is 11.2 Å². The minimum absolute atomic E-state index is 0.000917. The van der Waals surface area contributed by atoms with Crippen molar-refractivity contribution in [2.45, 2.75) is 64.9 Å². The number of aromatic nitrogens is 3. The Balaban J connectivity index is 1.51. The SMILES string of the molecule is CCc1cc(-c2noc(-c3cc(C4CCCC4)cc(C)n3)n2)cc(C)c1OC[C@@H](O)CNC(=O)CO. The Bertz CT molecular complexity index is 1200. The molecule has 3 N–H and O–H groups in total. The monoisotopic (exact) mass is 494 g/mol. The molecule has 192 valence electrons. The first-order chi connectivity index (χ1) is 17.4. The summed E-state index contributed by atoms with van der Waals surface area (Å²) < 4.78 is 11.5. The maximum absolute atomic E-state index is 11.2. The maximum atomic E-state index is 11.2. The van der Waals surface area contributed by atoms with Crippen molar-refractivity contribution in [3.63, 3.8) is 0 Å². The lowest BCUT2D eigenvalue weighted by molar-refractivity contribution is -0.124. The van der Waals surface area contributed by atoms with Crippen molar-refractivity contribution < 1.29 is 24.3 Å². The van der Waals surface area contributed by atoms with Gasteiger partial charge in [0.1, 0.15) is 30.8 Å². The van der Waals surface area contributed by atoms with Crippen molar-refractivity contribution >= 4 is 5.91 Å². The molecule has 9 heteroatoms. The number of hydrogen-bond acceptors (Lipinski definition) is 8. The van der Waals surface area contributed by atoms with E-state index in [2.05, 4.69) is 32.6 Å². The van der Waals surface area contributed by atoms with Crippen molar-refractivity contribution in [2.24, 2.45) is 0 Å². The van der Waals surface area contributed by atoms with Gasteiger partial charge in [-0.2, -0.15) is 4.98 Å². The number of ether oxygens (including phenoxy) is 1. The minimum atomic E-state index is -0.903. The van der Waals surface area contributed by atoms with E-state index >= 15 is 0 Å². The average molecular weight is 495 g/mol. The van der Waals surface area contributed by atoms with Gasteiger partial charge in [0.05, 0.1) is 0 Å². The van der Waals surface area contributed by atoms with E-state index in [9.17, 15) is 9.90 Å². The molecule has 2 aromatic heterocycles. The molecule has 1 saturated carbocycles. The fourth-order valence-corrected chi connectivity index (χ4v) is 4.72. The molecule has 2 heterocycles. The number of aliphatic hydroxyl groups is 2. The third-order valence-corrected chi connectivity index (χ3v) is 6.54. The predicted molar refractivity (Wildman–Crippen MR) is 135 cm³/mol. The molecule has 1 amide bonds. The number of aryl methyl sites for hydroxylation is 3. The number of hydrogen-bond donors (Lipinski definition) is 3. The van der Waals surface area contributed by atoms with Gasteiger partial charge in [-0.1, -0.05) is 24.9 Å². The van der Waals surface area contributed by atoms with Crippen LogP contribution < -0.4 is 10.1 Å². The summed E-state index contributed by atoms with van der Waals surface area (Å²) in [5.41, 5.74) is 5.56. The molecule has 36 heavy (non-hydrogen) atoms. The second kappa shape index (κ2) is 11.6. The normalized spacial score (nSPS) is 14.7. The lowest BCUT2D eigenvalue weighted by Gasteiger charge is -2.17. The molecule has 1 aromatic carbocycles. The van der Waals surface area contributed by atoms with E-state index in [1.807, 2.05) is 32.9 Å². The van der Waals surface area contributed by atoms with Crippen LogP contribution in [0.5, 0.6) is 5.75 Å². The summed E-state index contributed by atoms with van der Waals surface area (Å²) in [6.07, 6.45) is 4.75. The third kappa shape index (κ3) is 6.09. The molecule has 9 nitrogen and oxygen atoms in total. The Labute approximate surface area is 210 Å². The van der Waals surface area contributed by atoms with E-state index in [0.29, 0.717) is 35.5 Å². The highest BCUT2D eigenvalue weighted by atomic mass is 16.5. The number of carbonyl (C=O) groups excluding carboxylic acids is 1. The topological polar surface area (TPSA) is 131 Å². The van der Waals surface area contributed by atoms with Gasteiger partial charge in [0, 0.05) is 17.8 Å². The molecule has 0 unspecified atom stereocenters. The zero-order chi connectivity index (χ0) is 25.7. The summed E-state index contributed by atoms with van der Waals surface area (Å²) >= 11 is 0. The molecule has 0 spiro atoms. The first-order valence-electron chi connectivity index (χ1n) is 12.5. The highest BCUT2D eigenvalue weighted by molar-refractivity contribution is 5.76. The molecule has 1 atom stereocenters. The van der Waals surface area contributed by atoms with Crippen LogP contribution in [0.2, 0.25) is 0 Å². The number of benzene rings is 1. The van der Waals surface area contributed by atoms with E-state index in [-0.39, 0.29) is 13.2 Å². The van der Waals surface area contributed by atoms with Gasteiger partial charge in [0.25, 0.3) is 5.89 Å². The smallest absolute Gasteiger partial charge is 0.276 e. The van der Waals surface area contributed by atoms with Crippen LogP contribution in [0, 0.1) is 13.8 Å². The lowest BCUT2D eigenvalue weighted by atomic mass is 9.97. The van der Waals surface area contributed by atoms with Crippen LogP contribution in [0.25, 0.3) is 23.0 Å². The molecule has 1 aliphatic carbocycles. The summed E-state index contributed by atoms with van der Waals surface area (Å²) in [6.45, 7) is 5.33. The number of nitrogens with one attached hydrogen (secondary N) is 1. The fourth-order valence-electron chi connectivity index (χ4n) is 4.72. The van der Waals surface area contributed by atoms with Crippen molar-refractivity contribution in [2.75, 3.05) is 19.8 Å². The summed E-state index contributed by atoms with van der Waals surface area (Å²) in [5.74, 6) is 1.58. The Hall–Kier alpha value is -3.30. The maximum Gasteiger partial charge on any atom is 0.276 e. The highest BCUT2D eigenvalue weighted by Crippen LogP contribution is 2.36. The molecule has 4 rings (SSSR count). The van der Waals surface area contributed by atoms with Gasteiger partial charge in [-0.15, -0.1) is 0 Å². The molecule has 0 aliphatic heterocycles. The molecule has 0 radical (unpaired) electrons. The van der Waals surface area contributed by atoms with Gasteiger partial charge in [-0.05, 0) is 80.0 Å². The molecule has 3 aromatic rings. The van der Waals surface area contributed by atoms with Crippen molar-refractivity contribution in [1.82, 2.24) is 20.4 Å². The fraction of sp³-hybridized carbons (Fsp3) is 0.481. The van der Waals surface area contributed by atoms with Crippen LogP contribution in [0.15, 0.2) is 28.8 Å². The summed E-state index contributed by atoms with van der Waals surface area (Å²) in [4.78, 5) is 20.5. The van der Waals surface area contributed by atoms with Crippen LogP contribution in [-0.4, -0.2) is 57.1 Å². The standard InChI is InChI=1S/C27H34N4O5/c1-4-18-11-21(9-16(2)25(18)35-15-22(33)13-28-24(34)14-32)26-30-27(36-31-26)23-12-20(10-17(3)29-23)19-7-5-6-8-19/h9-12,19,22,32-33H,4-8,13-15H2,1-3H3,(H,28,34)/t22-/m0/s1. The van der Waals surface area contributed by atoms with Gasteiger partial charge in [0.2, 0.25) is 11.7 Å². The van der Waals surface area contributed by atoms with Gasteiger partial charge in [-0.25, -0.2) is 4.98 Å². The van der Waals surface area contributed by atoms with E-state index in [0.717, 1.165) is 22.4 Å². The quantitative estimate of drug-likeness (QED) is 0.390. The van der Waals surface area contributed by atoms with Crippen molar-refractivity contribution in [1.29, 1.82) is 0 Å². The Kier molecular flexibility index (Phi) is 8.32. The molecule has 0 saturated heterocycles. The Morgan fingerprint density at radius 1 is 1.19 bits per heavy atom. The average Bonchev–Trinajstić information content (AvgIpc) is 3.58. The van der Waals surface area contributed by atoms with Gasteiger partial charge in [-0.3, -0.25) is 4.79 Å². The molecule has 1 fully saturated rings. The zero-order valence-electron chi connectivity index (χ0n) is 21.1. The van der Waals surface area contributed by atoms with Gasteiger partial charge < -0.3 is 24.8 Å². The van der Waals surface area contributed by atoms with Crippen molar-refractivity contribution in [3.05, 3.63) is 46.6 Å². The van der Waals surface area contributed by atoms with E-state index in [1.54, 1.807) is 0 Å². The van der Waals surface area contributed by atoms with E-state index < -0.39 is 18.6 Å². The van der Waals surface area contributed by atoms with Crippen LogP contribution in [0.3, 0.4) is 0 Å². The van der Waals surface area contributed by atoms with Crippen LogP contribution in [0.4, 0.5) is 0 Å². The van der Waals surface area contributed by atoms with Crippen LogP contribution in [0.1, 0.15) is 60.9 Å². The number of rotatable bonds is 10. The number of carbonyl (C=O) groups is 1. The second-order valence-electron chi connectivity index (χ2n) is 9.39. The minimum Gasteiger partial charge on any atom is -0.490 e. The molecular formula is C27H34N4O5. The second-order valence-corrected chi connectivity index (χ2v) is 9.39. The molecule has 1 aliphatic rings. The predicted octanol–water partition coefficient (Wildman–Crippen LogP) is 3.48. The third-order valence-electron chi connectivity index (χ3n) is 6.54.